The molecule has 4 aromatic rings. The number of methoxy groups -OCH3 is 1. The number of fused-ring (bicyclic) bond motifs is 1. The fourth-order valence-electron chi connectivity index (χ4n) is 4.01. The Bertz CT molecular complexity index is 1200. The molecule has 3 unspecified atom stereocenters. The van der Waals surface area contributed by atoms with Crippen LogP contribution in [-0.2, 0) is 0 Å². The lowest BCUT2D eigenvalue weighted by Crippen LogP contribution is -2.26. The predicted molar refractivity (Wildman–Crippen MR) is 127 cm³/mol. The number of nitrogens with one attached hydrogen (secondary N) is 1. The molecule has 164 valence electrons. The zero-order valence-electron chi connectivity index (χ0n) is 18.5. The number of furan rings is 1. The van der Waals surface area contributed by atoms with E-state index in [9.17, 15) is 4.79 Å². The van der Waals surface area contributed by atoms with Gasteiger partial charge in [0, 0.05) is 17.3 Å². The highest BCUT2D eigenvalue weighted by Gasteiger charge is 2.24. The third-order valence-electron chi connectivity index (χ3n) is 6.00. The molecule has 0 fully saturated rings. The fraction of sp³-hybridized carbons (Fsp3) is 0.222. The van der Waals surface area contributed by atoms with Crippen molar-refractivity contribution in [1.82, 2.24) is 5.32 Å². The summed E-state index contributed by atoms with van der Waals surface area (Å²) in [4.78, 5) is 13.0. The molecule has 0 saturated carbocycles. The summed E-state index contributed by atoms with van der Waals surface area (Å²) in [7, 11) is 1.58. The Hall–Kier alpha value is -3.57. The zero-order chi connectivity index (χ0) is 22.7. The second-order valence-corrected chi connectivity index (χ2v) is 8.04. The lowest BCUT2D eigenvalue weighted by Gasteiger charge is -2.21. The van der Waals surface area contributed by atoms with E-state index in [0.717, 1.165) is 22.1 Å². The Morgan fingerprint density at radius 3 is 2.19 bits per heavy atom. The van der Waals surface area contributed by atoms with E-state index in [0.29, 0.717) is 11.3 Å². The Morgan fingerprint density at radius 2 is 1.56 bits per heavy atom. The summed E-state index contributed by atoms with van der Waals surface area (Å²) in [5, 5.41) is 3.79. The van der Waals surface area contributed by atoms with E-state index in [1.54, 1.807) is 13.2 Å². The van der Waals surface area contributed by atoms with Crippen LogP contribution in [0.2, 0.25) is 0 Å². The van der Waals surface area contributed by atoms with Crippen molar-refractivity contribution in [3.05, 3.63) is 101 Å². The normalized spacial score (nSPS) is 14.0. The first kappa shape index (κ1) is 21.7. The molecule has 3 aromatic carbocycles. The summed E-state index contributed by atoms with van der Waals surface area (Å²) >= 11 is 0. The van der Waals surface area contributed by atoms with Crippen molar-refractivity contribution in [3.63, 3.8) is 0 Å². The number of carbonyl (C=O) groups is 1. The van der Waals surface area contributed by atoms with Crippen molar-refractivity contribution >= 4 is 16.9 Å². The summed E-state index contributed by atoms with van der Waals surface area (Å²) in [6, 6.07) is 25.1. The standard InChI is InChI=1S/C27H28N2O3/c1-17(19-10-6-4-7-11-19)25(28)21-14-15-23(31-3)26-22(21)16-24(32-26)27(30)29-18(2)20-12-8-5-9-13-20/h4-18,25H,28H2,1-3H3,(H,29,30). The highest BCUT2D eigenvalue weighted by Crippen LogP contribution is 2.38. The molecule has 0 radical (unpaired) electrons. The third-order valence-corrected chi connectivity index (χ3v) is 6.00. The van der Waals surface area contributed by atoms with Crippen molar-refractivity contribution in [3.8, 4) is 5.75 Å². The number of rotatable bonds is 7. The lowest BCUT2D eigenvalue weighted by molar-refractivity contribution is 0.0914. The van der Waals surface area contributed by atoms with Gasteiger partial charge in [0.1, 0.15) is 0 Å². The van der Waals surface area contributed by atoms with Gasteiger partial charge < -0.3 is 20.2 Å². The van der Waals surface area contributed by atoms with Crippen LogP contribution in [0.4, 0.5) is 0 Å². The molecule has 4 rings (SSSR count). The number of benzene rings is 3. The molecule has 3 N–H and O–H groups in total. The molecule has 5 heteroatoms. The van der Waals surface area contributed by atoms with E-state index in [4.69, 9.17) is 14.9 Å². The van der Waals surface area contributed by atoms with Crippen molar-refractivity contribution < 1.29 is 13.9 Å². The van der Waals surface area contributed by atoms with Crippen molar-refractivity contribution in [2.24, 2.45) is 5.73 Å². The van der Waals surface area contributed by atoms with Gasteiger partial charge in [-0.2, -0.15) is 0 Å². The quantitative estimate of drug-likeness (QED) is 0.394. The molecule has 1 aromatic heterocycles. The van der Waals surface area contributed by atoms with Crippen molar-refractivity contribution in [1.29, 1.82) is 0 Å². The third kappa shape index (κ3) is 4.25. The Morgan fingerprint density at radius 1 is 0.938 bits per heavy atom. The molecule has 0 aliphatic heterocycles. The van der Waals surface area contributed by atoms with Crippen molar-refractivity contribution in [2.75, 3.05) is 7.11 Å². The number of ether oxygens (including phenoxy) is 1. The molecule has 0 aliphatic rings. The van der Waals surface area contributed by atoms with Crippen LogP contribution in [0.15, 0.2) is 83.3 Å². The Balaban J connectivity index is 1.67. The Labute approximate surface area is 188 Å². The monoisotopic (exact) mass is 428 g/mol. The van der Waals surface area contributed by atoms with Gasteiger partial charge in [0.2, 0.25) is 0 Å². The second kappa shape index (κ2) is 9.28. The van der Waals surface area contributed by atoms with Crippen LogP contribution in [0, 0.1) is 0 Å². The molecule has 0 aliphatic carbocycles. The maximum absolute atomic E-state index is 13.0. The van der Waals surface area contributed by atoms with Gasteiger partial charge in [0.05, 0.1) is 13.2 Å². The number of carbonyl (C=O) groups excluding carboxylic acids is 1. The van der Waals surface area contributed by atoms with Gasteiger partial charge >= 0.3 is 0 Å². The van der Waals surface area contributed by atoms with Crippen LogP contribution in [0.1, 0.15) is 59.1 Å². The molecule has 3 atom stereocenters. The van der Waals surface area contributed by atoms with Crippen LogP contribution in [0.25, 0.3) is 11.0 Å². The highest BCUT2D eigenvalue weighted by molar-refractivity contribution is 5.98. The SMILES string of the molecule is COc1ccc(C(N)C(C)c2ccccc2)c2cc(C(=O)NC(C)c3ccccc3)oc12. The van der Waals surface area contributed by atoms with Crippen molar-refractivity contribution in [2.45, 2.75) is 31.8 Å². The molecule has 0 spiro atoms. The second-order valence-electron chi connectivity index (χ2n) is 8.04. The van der Waals surface area contributed by atoms with Gasteiger partial charge in [-0.3, -0.25) is 4.79 Å². The number of nitrogens with two attached hydrogens (primary N) is 1. The minimum atomic E-state index is -0.282. The van der Waals surface area contributed by atoms with E-state index in [2.05, 4.69) is 24.4 Å². The van der Waals surface area contributed by atoms with Crippen LogP contribution in [0.5, 0.6) is 5.75 Å². The maximum atomic E-state index is 13.0. The fourth-order valence-corrected chi connectivity index (χ4v) is 4.01. The van der Waals surface area contributed by atoms with E-state index in [1.165, 1.54) is 0 Å². The summed E-state index contributed by atoms with van der Waals surface area (Å²) in [5.41, 5.74) is 10.3. The number of amides is 1. The first-order valence-corrected chi connectivity index (χ1v) is 10.8. The topological polar surface area (TPSA) is 77.5 Å². The van der Waals surface area contributed by atoms with Gasteiger partial charge in [-0.05, 0) is 35.7 Å². The molecular formula is C27H28N2O3. The minimum Gasteiger partial charge on any atom is -0.493 e. The largest absolute Gasteiger partial charge is 0.493 e. The molecule has 1 amide bonds. The molecular weight excluding hydrogens is 400 g/mol. The van der Waals surface area contributed by atoms with E-state index in [1.807, 2.05) is 67.6 Å². The molecule has 32 heavy (non-hydrogen) atoms. The van der Waals surface area contributed by atoms with Crippen LogP contribution in [-0.4, -0.2) is 13.0 Å². The molecule has 0 saturated heterocycles. The first-order chi connectivity index (χ1) is 15.5. The van der Waals surface area contributed by atoms with E-state index in [-0.39, 0.29) is 29.7 Å². The molecule has 5 nitrogen and oxygen atoms in total. The average molecular weight is 429 g/mol. The van der Waals surface area contributed by atoms with E-state index < -0.39 is 0 Å². The molecule has 1 heterocycles. The summed E-state index contributed by atoms with van der Waals surface area (Å²) in [6.45, 7) is 4.05. The zero-order valence-corrected chi connectivity index (χ0v) is 18.5. The summed E-state index contributed by atoms with van der Waals surface area (Å²) in [6.07, 6.45) is 0. The van der Waals surface area contributed by atoms with Gasteiger partial charge in [-0.1, -0.05) is 73.7 Å². The summed E-state index contributed by atoms with van der Waals surface area (Å²) in [5.74, 6) is 0.597. The smallest absolute Gasteiger partial charge is 0.287 e. The van der Waals surface area contributed by atoms with Gasteiger partial charge in [-0.25, -0.2) is 0 Å². The van der Waals surface area contributed by atoms with E-state index >= 15 is 0 Å². The number of hydrogen-bond acceptors (Lipinski definition) is 4. The summed E-state index contributed by atoms with van der Waals surface area (Å²) < 4.78 is 11.5. The van der Waals surface area contributed by atoms with Gasteiger partial charge in [0.25, 0.3) is 5.91 Å². The molecule has 0 bridgehead atoms. The first-order valence-electron chi connectivity index (χ1n) is 10.8. The maximum Gasteiger partial charge on any atom is 0.287 e. The van der Waals surface area contributed by atoms with Crippen LogP contribution < -0.4 is 15.8 Å². The van der Waals surface area contributed by atoms with Crippen LogP contribution >= 0.6 is 0 Å². The van der Waals surface area contributed by atoms with Crippen LogP contribution in [0.3, 0.4) is 0 Å². The highest BCUT2D eigenvalue weighted by atomic mass is 16.5. The Kier molecular flexibility index (Phi) is 6.28. The average Bonchev–Trinajstić information content (AvgIpc) is 3.29. The van der Waals surface area contributed by atoms with Gasteiger partial charge in [0.15, 0.2) is 17.1 Å². The predicted octanol–water partition coefficient (Wildman–Crippen LogP) is 5.74. The number of hydrogen-bond donors (Lipinski definition) is 2. The minimum absolute atomic E-state index is 0.0816. The lowest BCUT2D eigenvalue weighted by atomic mass is 9.88. The van der Waals surface area contributed by atoms with Gasteiger partial charge in [-0.15, -0.1) is 0 Å².